The fourth-order valence-corrected chi connectivity index (χ4v) is 10.2. The average molecular weight is 841 g/mol. The van der Waals surface area contributed by atoms with E-state index in [0.29, 0.717) is 17.6 Å². The third-order valence-electron chi connectivity index (χ3n) is 12.9. The smallest absolute Gasteiger partial charge is 0.238 e. The maximum absolute atomic E-state index is 5.51. The Hall–Kier alpha value is -7.69. The van der Waals surface area contributed by atoms with Crippen LogP contribution in [0.2, 0.25) is 0 Å². The summed E-state index contributed by atoms with van der Waals surface area (Å²) in [6, 6.07) is 65.3. The molecule has 0 fully saturated rings. The first-order chi connectivity index (χ1) is 31.6. The van der Waals surface area contributed by atoms with E-state index in [1.165, 1.54) is 50.1 Å². The molecule has 0 aliphatic carbocycles. The van der Waals surface area contributed by atoms with E-state index in [1.54, 1.807) is 0 Å². The summed E-state index contributed by atoms with van der Waals surface area (Å²) in [5, 5.41) is 4.51. The lowest BCUT2D eigenvalue weighted by Gasteiger charge is -2.30. The number of hydrogen-bond donors (Lipinski definition) is 0. The van der Waals surface area contributed by atoms with Crippen LogP contribution in [-0.4, -0.2) is 15.0 Å². The van der Waals surface area contributed by atoms with Gasteiger partial charge in [-0.15, -0.1) is 0 Å². The first-order valence-electron chi connectivity index (χ1n) is 22.6. The molecule has 0 N–H and O–H groups in total. The van der Waals surface area contributed by atoms with Gasteiger partial charge in [0.05, 0.1) is 11.4 Å². The molecular formula is C61H52N4. The zero-order chi connectivity index (χ0) is 44.8. The first kappa shape index (κ1) is 41.3. The second-order valence-corrected chi connectivity index (χ2v) is 17.7. The average Bonchev–Trinajstić information content (AvgIpc) is 3.31. The van der Waals surface area contributed by atoms with Crippen LogP contribution in [0.25, 0.3) is 55.4 Å². The van der Waals surface area contributed by atoms with E-state index >= 15 is 0 Å². The van der Waals surface area contributed by atoms with E-state index in [9.17, 15) is 0 Å². The molecule has 9 aromatic carbocycles. The van der Waals surface area contributed by atoms with Crippen molar-refractivity contribution in [2.24, 2.45) is 0 Å². The van der Waals surface area contributed by atoms with Crippen LogP contribution in [0.15, 0.2) is 182 Å². The van der Waals surface area contributed by atoms with Crippen molar-refractivity contribution >= 4 is 38.9 Å². The summed E-state index contributed by atoms with van der Waals surface area (Å²) < 4.78 is 0. The van der Waals surface area contributed by atoms with Gasteiger partial charge in [0.1, 0.15) is 0 Å². The minimum absolute atomic E-state index is 0.0257. The number of aromatic nitrogens is 3. The van der Waals surface area contributed by atoms with E-state index < -0.39 is 0 Å². The van der Waals surface area contributed by atoms with Gasteiger partial charge < -0.3 is 0 Å². The number of anilines is 3. The quantitative estimate of drug-likeness (QED) is 0.136. The van der Waals surface area contributed by atoms with Crippen molar-refractivity contribution in [2.75, 3.05) is 4.90 Å². The van der Waals surface area contributed by atoms with Gasteiger partial charge in [-0.2, -0.15) is 9.97 Å². The highest BCUT2D eigenvalue weighted by atomic mass is 15.3. The van der Waals surface area contributed by atoms with Gasteiger partial charge in [-0.1, -0.05) is 175 Å². The molecule has 0 atom stereocenters. The Morgan fingerprint density at radius 2 is 0.892 bits per heavy atom. The molecule has 4 heteroatoms. The van der Waals surface area contributed by atoms with Gasteiger partial charge in [0.15, 0.2) is 11.6 Å². The number of fused-ring (bicyclic) bond motifs is 2. The van der Waals surface area contributed by atoms with Crippen LogP contribution in [0, 0.1) is 48.5 Å². The van der Waals surface area contributed by atoms with Crippen molar-refractivity contribution in [1.82, 2.24) is 15.0 Å². The largest absolute Gasteiger partial charge is 0.278 e. The van der Waals surface area contributed by atoms with E-state index in [0.717, 1.165) is 60.7 Å². The molecular weight excluding hydrogens is 789 g/mol. The van der Waals surface area contributed by atoms with E-state index in [-0.39, 0.29) is 5.92 Å². The predicted molar refractivity (Wildman–Crippen MR) is 273 cm³/mol. The minimum atomic E-state index is 0.0257. The monoisotopic (exact) mass is 840 g/mol. The third kappa shape index (κ3) is 7.87. The molecule has 10 aromatic rings. The second kappa shape index (κ2) is 17.1. The summed E-state index contributed by atoms with van der Waals surface area (Å²) >= 11 is 0. The van der Waals surface area contributed by atoms with Gasteiger partial charge in [-0.05, 0) is 138 Å². The molecule has 1 aromatic heterocycles. The Morgan fingerprint density at radius 1 is 0.369 bits per heavy atom. The highest BCUT2D eigenvalue weighted by molar-refractivity contribution is 5.99. The predicted octanol–water partition coefficient (Wildman–Crippen LogP) is 16.0. The molecule has 0 unspecified atom stereocenters. The number of benzene rings is 9. The van der Waals surface area contributed by atoms with Gasteiger partial charge in [0.2, 0.25) is 5.95 Å². The minimum Gasteiger partial charge on any atom is -0.278 e. The zero-order valence-corrected chi connectivity index (χ0v) is 38.2. The maximum atomic E-state index is 5.51. The van der Waals surface area contributed by atoms with Crippen LogP contribution in [0.3, 0.4) is 0 Å². The molecule has 316 valence electrons. The summed E-state index contributed by atoms with van der Waals surface area (Å²) in [6.45, 7) is 15.7. The Balaban J connectivity index is 1.27. The van der Waals surface area contributed by atoms with Crippen molar-refractivity contribution in [3.05, 3.63) is 238 Å². The van der Waals surface area contributed by atoms with E-state index in [1.807, 2.05) is 18.2 Å². The Morgan fingerprint density at radius 3 is 1.51 bits per heavy atom. The summed E-state index contributed by atoms with van der Waals surface area (Å²) in [6.07, 6.45) is 0. The van der Waals surface area contributed by atoms with Gasteiger partial charge in [-0.25, -0.2) is 4.98 Å². The molecule has 0 saturated carbocycles. The maximum Gasteiger partial charge on any atom is 0.238 e. The molecule has 65 heavy (non-hydrogen) atoms. The standard InChI is InChI=1S/C61H52N4/c1-38-31-41(4)56(42(5)32-38)58(57-43(6)33-39(2)34-44(57)7)50-29-30-54(40(3)35-50)65(55-37-49-25-15-14-24-48(49)36-53(55)46-19-10-8-11-20-46)61-63-59(47-22-12-9-13-23-47)62-60(64-61)52-28-18-26-45-21-16-17-27-51(45)52/h8-37,58H,1-7H3. The molecule has 0 aliphatic heterocycles. The lowest BCUT2D eigenvalue weighted by Crippen LogP contribution is -2.18. The topological polar surface area (TPSA) is 41.9 Å². The molecule has 10 rings (SSSR count). The lowest BCUT2D eigenvalue weighted by molar-refractivity contribution is 0.916. The van der Waals surface area contributed by atoms with Gasteiger partial charge in [-0.3, -0.25) is 4.90 Å². The summed E-state index contributed by atoms with van der Waals surface area (Å²) in [5.74, 6) is 1.79. The van der Waals surface area contributed by atoms with Crippen LogP contribution in [0.1, 0.15) is 61.6 Å². The van der Waals surface area contributed by atoms with Crippen molar-refractivity contribution in [3.63, 3.8) is 0 Å². The van der Waals surface area contributed by atoms with Gasteiger partial charge in [0.25, 0.3) is 0 Å². The molecule has 4 nitrogen and oxygen atoms in total. The summed E-state index contributed by atoms with van der Waals surface area (Å²) in [5.41, 5.74) is 18.9. The van der Waals surface area contributed by atoms with Crippen LogP contribution in [0.4, 0.5) is 17.3 Å². The van der Waals surface area contributed by atoms with Crippen molar-refractivity contribution < 1.29 is 0 Å². The lowest BCUT2D eigenvalue weighted by atomic mass is 9.76. The zero-order valence-electron chi connectivity index (χ0n) is 38.2. The summed E-state index contributed by atoms with van der Waals surface area (Å²) in [4.78, 5) is 18.5. The molecule has 0 bridgehead atoms. The van der Waals surface area contributed by atoms with Crippen LogP contribution in [0.5, 0.6) is 0 Å². The number of rotatable bonds is 9. The third-order valence-corrected chi connectivity index (χ3v) is 12.9. The van der Waals surface area contributed by atoms with Gasteiger partial charge in [0, 0.05) is 22.6 Å². The number of aryl methyl sites for hydroxylation is 7. The van der Waals surface area contributed by atoms with Crippen molar-refractivity contribution in [3.8, 4) is 33.9 Å². The highest BCUT2D eigenvalue weighted by Gasteiger charge is 2.28. The van der Waals surface area contributed by atoms with Crippen molar-refractivity contribution in [2.45, 2.75) is 54.4 Å². The Labute approximate surface area is 383 Å². The Kier molecular flexibility index (Phi) is 10.9. The summed E-state index contributed by atoms with van der Waals surface area (Å²) in [7, 11) is 0. The molecule has 0 aliphatic rings. The van der Waals surface area contributed by atoms with E-state index in [2.05, 4.69) is 217 Å². The van der Waals surface area contributed by atoms with Crippen LogP contribution >= 0.6 is 0 Å². The van der Waals surface area contributed by atoms with Gasteiger partial charge >= 0.3 is 0 Å². The first-order valence-corrected chi connectivity index (χ1v) is 22.6. The molecule has 0 radical (unpaired) electrons. The molecule has 0 amide bonds. The Bertz CT molecular complexity index is 3300. The number of nitrogens with zero attached hydrogens (tertiary/aromatic N) is 4. The fraction of sp³-hybridized carbons (Fsp3) is 0.131. The van der Waals surface area contributed by atoms with Crippen LogP contribution in [-0.2, 0) is 0 Å². The molecule has 0 saturated heterocycles. The van der Waals surface area contributed by atoms with Crippen molar-refractivity contribution in [1.29, 1.82) is 0 Å². The normalized spacial score (nSPS) is 11.4. The molecule has 0 spiro atoms. The molecule has 1 heterocycles. The SMILES string of the molecule is Cc1cc(C)c(C(c2ccc(N(c3nc(-c4ccccc4)nc(-c4cccc5ccccc45)n3)c3cc4ccccc4cc3-c3ccccc3)c(C)c2)c2c(C)cc(C)cc2C)c(C)c1. The second-order valence-electron chi connectivity index (χ2n) is 17.7. The van der Waals surface area contributed by atoms with E-state index in [4.69, 9.17) is 15.0 Å². The highest BCUT2D eigenvalue weighted by Crippen LogP contribution is 2.46. The number of hydrogen-bond acceptors (Lipinski definition) is 4. The fourth-order valence-electron chi connectivity index (χ4n) is 10.2. The van der Waals surface area contributed by atoms with Crippen LogP contribution < -0.4 is 4.90 Å².